The normalized spacial score (nSPS) is 10.5. The van der Waals surface area contributed by atoms with Gasteiger partial charge >= 0.3 is 0 Å². The molecule has 100 valence electrons. The van der Waals surface area contributed by atoms with Gasteiger partial charge < -0.3 is 5.32 Å². The zero-order chi connectivity index (χ0) is 13.9. The maximum absolute atomic E-state index is 4.25. The molecular weight excluding hydrogens is 250 g/mol. The first-order chi connectivity index (χ1) is 9.70. The summed E-state index contributed by atoms with van der Waals surface area (Å²) in [6, 6.07) is 8.21. The van der Waals surface area contributed by atoms with Gasteiger partial charge in [-0.15, -0.1) is 0 Å². The van der Waals surface area contributed by atoms with Crippen LogP contribution < -0.4 is 5.32 Å². The quantitative estimate of drug-likeness (QED) is 0.791. The molecule has 1 N–H and O–H groups in total. The largest absolute Gasteiger partial charge is 0.340 e. The maximum Gasteiger partial charge on any atom is 0.143 e. The van der Waals surface area contributed by atoms with Crippen LogP contribution >= 0.6 is 0 Å². The lowest BCUT2D eigenvalue weighted by atomic mass is 10.1. The third kappa shape index (κ3) is 2.66. The predicted molar refractivity (Wildman–Crippen MR) is 78.4 cm³/mol. The molecule has 0 fully saturated rings. The molecule has 0 unspecified atom stereocenters. The van der Waals surface area contributed by atoms with Crippen LogP contribution in [-0.4, -0.2) is 19.5 Å². The van der Waals surface area contributed by atoms with Crippen LogP contribution in [0.5, 0.6) is 0 Å². The summed E-state index contributed by atoms with van der Waals surface area (Å²) in [5.74, 6) is 1.54. The Labute approximate surface area is 117 Å². The molecule has 20 heavy (non-hydrogen) atoms. The average molecular weight is 265 g/mol. The van der Waals surface area contributed by atoms with E-state index in [4.69, 9.17) is 0 Å². The Morgan fingerprint density at radius 2 is 1.80 bits per heavy atom. The molecule has 5 nitrogen and oxygen atoms in total. The van der Waals surface area contributed by atoms with Crippen LogP contribution in [0.1, 0.15) is 11.1 Å². The van der Waals surface area contributed by atoms with Crippen molar-refractivity contribution < 1.29 is 0 Å². The number of aryl methyl sites for hydroxylation is 2. The van der Waals surface area contributed by atoms with Crippen LogP contribution in [0.25, 0.3) is 5.82 Å². The molecule has 0 saturated heterocycles. The van der Waals surface area contributed by atoms with Gasteiger partial charge in [0.2, 0.25) is 0 Å². The number of anilines is 2. The Bertz CT molecular complexity index is 699. The van der Waals surface area contributed by atoms with E-state index in [0.717, 1.165) is 17.3 Å². The highest BCUT2D eigenvalue weighted by Crippen LogP contribution is 2.19. The van der Waals surface area contributed by atoms with E-state index in [1.807, 2.05) is 16.8 Å². The van der Waals surface area contributed by atoms with Crippen LogP contribution in [0, 0.1) is 13.8 Å². The van der Waals surface area contributed by atoms with E-state index in [1.54, 1.807) is 18.9 Å². The van der Waals surface area contributed by atoms with E-state index in [2.05, 4.69) is 52.3 Å². The first-order valence-electron chi connectivity index (χ1n) is 6.36. The Morgan fingerprint density at radius 3 is 2.50 bits per heavy atom. The Hall–Kier alpha value is -2.69. The molecule has 2 heterocycles. The number of benzene rings is 1. The molecule has 0 radical (unpaired) electrons. The average Bonchev–Trinajstić information content (AvgIpc) is 2.91. The highest BCUT2D eigenvalue weighted by Gasteiger charge is 2.02. The molecule has 0 atom stereocenters. The minimum Gasteiger partial charge on any atom is -0.340 e. The number of imidazole rings is 1. The summed E-state index contributed by atoms with van der Waals surface area (Å²) in [5.41, 5.74) is 3.46. The second kappa shape index (κ2) is 5.13. The summed E-state index contributed by atoms with van der Waals surface area (Å²) < 4.78 is 1.84. The van der Waals surface area contributed by atoms with Crippen molar-refractivity contribution in [2.45, 2.75) is 13.8 Å². The van der Waals surface area contributed by atoms with Gasteiger partial charge in [-0.2, -0.15) is 0 Å². The summed E-state index contributed by atoms with van der Waals surface area (Å²) in [6.07, 6.45) is 6.82. The molecule has 2 aromatic heterocycles. The molecule has 0 aliphatic carbocycles. The molecule has 0 amide bonds. The van der Waals surface area contributed by atoms with E-state index in [0.29, 0.717) is 0 Å². The lowest BCUT2D eigenvalue weighted by Crippen LogP contribution is -1.99. The van der Waals surface area contributed by atoms with Crippen molar-refractivity contribution in [3.63, 3.8) is 0 Å². The maximum atomic E-state index is 4.25. The molecule has 5 heteroatoms. The van der Waals surface area contributed by atoms with Gasteiger partial charge in [-0.05, 0) is 37.1 Å². The molecule has 3 rings (SSSR count). The van der Waals surface area contributed by atoms with Gasteiger partial charge in [0.15, 0.2) is 0 Å². The third-order valence-corrected chi connectivity index (χ3v) is 2.92. The van der Waals surface area contributed by atoms with Crippen molar-refractivity contribution in [3.05, 3.63) is 60.4 Å². The Morgan fingerprint density at radius 1 is 1.00 bits per heavy atom. The second-order valence-electron chi connectivity index (χ2n) is 4.73. The van der Waals surface area contributed by atoms with Gasteiger partial charge in [0, 0.05) is 24.1 Å². The first-order valence-corrected chi connectivity index (χ1v) is 6.36. The van der Waals surface area contributed by atoms with Gasteiger partial charge in [0.25, 0.3) is 0 Å². The molecule has 0 aliphatic rings. The lowest BCUT2D eigenvalue weighted by molar-refractivity contribution is 0.972. The molecule has 1 aromatic carbocycles. The lowest BCUT2D eigenvalue weighted by Gasteiger charge is -2.09. The zero-order valence-electron chi connectivity index (χ0n) is 11.4. The SMILES string of the molecule is Cc1cc(C)cc(Nc2cc(-n3ccnc3)ncn2)c1. The topological polar surface area (TPSA) is 55.6 Å². The molecule has 0 bridgehead atoms. The van der Waals surface area contributed by atoms with Crippen LogP contribution in [-0.2, 0) is 0 Å². The number of nitrogens with one attached hydrogen (secondary N) is 1. The van der Waals surface area contributed by atoms with Gasteiger partial charge in [0.05, 0.1) is 0 Å². The van der Waals surface area contributed by atoms with Gasteiger partial charge in [-0.1, -0.05) is 6.07 Å². The highest BCUT2D eigenvalue weighted by molar-refractivity contribution is 5.59. The third-order valence-electron chi connectivity index (χ3n) is 2.92. The fourth-order valence-electron chi connectivity index (χ4n) is 2.15. The number of rotatable bonds is 3. The second-order valence-corrected chi connectivity index (χ2v) is 4.73. The van der Waals surface area contributed by atoms with Crippen molar-refractivity contribution in [3.8, 4) is 5.82 Å². The van der Waals surface area contributed by atoms with Crippen LogP contribution in [0.15, 0.2) is 49.3 Å². The summed E-state index contributed by atoms with van der Waals surface area (Å²) >= 11 is 0. The molecule has 3 aromatic rings. The van der Waals surface area contributed by atoms with Crippen molar-refractivity contribution in [1.82, 2.24) is 19.5 Å². The van der Waals surface area contributed by atoms with Crippen molar-refractivity contribution >= 4 is 11.5 Å². The van der Waals surface area contributed by atoms with Crippen molar-refractivity contribution in [1.29, 1.82) is 0 Å². The van der Waals surface area contributed by atoms with E-state index < -0.39 is 0 Å². The number of nitrogens with zero attached hydrogens (tertiary/aromatic N) is 4. The predicted octanol–water partition coefficient (Wildman–Crippen LogP) is 3.02. The van der Waals surface area contributed by atoms with Crippen molar-refractivity contribution in [2.75, 3.05) is 5.32 Å². The summed E-state index contributed by atoms with van der Waals surface area (Å²) in [5, 5.41) is 3.30. The number of hydrogen-bond acceptors (Lipinski definition) is 4. The monoisotopic (exact) mass is 265 g/mol. The van der Waals surface area contributed by atoms with Gasteiger partial charge in [-0.3, -0.25) is 4.57 Å². The Balaban J connectivity index is 1.89. The molecule has 0 spiro atoms. The number of hydrogen-bond donors (Lipinski definition) is 1. The summed E-state index contributed by atoms with van der Waals surface area (Å²) in [7, 11) is 0. The molecular formula is C15H15N5. The molecule has 0 aliphatic heterocycles. The zero-order valence-corrected chi connectivity index (χ0v) is 11.4. The standard InChI is InChI=1S/C15H15N5/c1-11-5-12(2)7-13(6-11)19-14-8-15(18-9-17-14)20-4-3-16-10-20/h3-10H,1-2H3,(H,17,18,19). The van der Waals surface area contributed by atoms with E-state index >= 15 is 0 Å². The minimum absolute atomic E-state index is 0.758. The fourth-order valence-corrected chi connectivity index (χ4v) is 2.15. The van der Waals surface area contributed by atoms with Crippen LogP contribution in [0.3, 0.4) is 0 Å². The summed E-state index contributed by atoms with van der Waals surface area (Å²) in [4.78, 5) is 12.5. The highest BCUT2D eigenvalue weighted by atomic mass is 15.1. The van der Waals surface area contributed by atoms with Crippen molar-refractivity contribution in [2.24, 2.45) is 0 Å². The van der Waals surface area contributed by atoms with Gasteiger partial charge in [-0.25, -0.2) is 15.0 Å². The number of aromatic nitrogens is 4. The fraction of sp³-hybridized carbons (Fsp3) is 0.133. The summed E-state index contributed by atoms with van der Waals surface area (Å²) in [6.45, 7) is 4.16. The Kier molecular flexibility index (Phi) is 3.16. The first kappa shape index (κ1) is 12.3. The van der Waals surface area contributed by atoms with E-state index in [-0.39, 0.29) is 0 Å². The van der Waals surface area contributed by atoms with E-state index in [9.17, 15) is 0 Å². The van der Waals surface area contributed by atoms with Crippen LogP contribution in [0.4, 0.5) is 11.5 Å². The minimum atomic E-state index is 0.758. The van der Waals surface area contributed by atoms with Gasteiger partial charge in [0.1, 0.15) is 24.3 Å². The smallest absolute Gasteiger partial charge is 0.143 e. The van der Waals surface area contributed by atoms with E-state index in [1.165, 1.54) is 11.1 Å². The van der Waals surface area contributed by atoms with Crippen LogP contribution in [0.2, 0.25) is 0 Å². The molecule has 0 saturated carbocycles.